The van der Waals surface area contributed by atoms with Crippen molar-refractivity contribution in [3.63, 3.8) is 0 Å². The van der Waals surface area contributed by atoms with E-state index < -0.39 is 24.1 Å². The van der Waals surface area contributed by atoms with Crippen molar-refractivity contribution in [2.75, 3.05) is 35.2 Å². The minimum absolute atomic E-state index is 0.0453. The number of ether oxygens (including phenoxy) is 8. The summed E-state index contributed by atoms with van der Waals surface area (Å²) < 4.78 is 42.7. The third-order valence-electron chi connectivity index (χ3n) is 4.90. The average molecular weight is 559 g/mol. The maximum atomic E-state index is 13.3. The summed E-state index contributed by atoms with van der Waals surface area (Å²) in [5.74, 6) is -1.09. The zero-order valence-electron chi connectivity index (χ0n) is 23.2. The molecule has 0 aliphatic carbocycles. The molecule has 0 radical (unpaired) electrons. The maximum absolute atomic E-state index is 13.3. The molecule has 214 valence electrons. The molecule has 0 bridgehead atoms. The number of aromatic nitrogens is 4. The molecule has 3 rings (SSSR count). The van der Waals surface area contributed by atoms with E-state index in [1.807, 2.05) is 0 Å². The Morgan fingerprint density at radius 1 is 0.750 bits per heavy atom. The van der Waals surface area contributed by atoms with Crippen molar-refractivity contribution in [1.29, 1.82) is 0 Å². The Labute approximate surface area is 230 Å². The van der Waals surface area contributed by atoms with Gasteiger partial charge >= 0.3 is 24.0 Å². The number of rotatable bonds is 12. The second kappa shape index (κ2) is 13.4. The molecule has 0 N–H and O–H groups in total. The molecule has 40 heavy (non-hydrogen) atoms. The van der Waals surface area contributed by atoms with E-state index in [0.717, 1.165) is 0 Å². The van der Waals surface area contributed by atoms with E-state index in [2.05, 4.69) is 19.9 Å². The summed E-state index contributed by atoms with van der Waals surface area (Å²) in [6.07, 6.45) is 0. The molecule has 2 aromatic heterocycles. The summed E-state index contributed by atoms with van der Waals surface area (Å²) in [6.45, 7) is 4.50. The van der Waals surface area contributed by atoms with Crippen LogP contribution in [0.4, 0.5) is 0 Å². The van der Waals surface area contributed by atoms with E-state index in [-0.39, 0.29) is 53.3 Å². The smallest absolute Gasteiger partial charge is 0.348 e. The lowest BCUT2D eigenvalue weighted by Gasteiger charge is -2.17. The van der Waals surface area contributed by atoms with Gasteiger partial charge in [-0.2, -0.15) is 19.9 Å². The third-order valence-corrected chi connectivity index (χ3v) is 4.90. The van der Waals surface area contributed by atoms with Gasteiger partial charge in [0.15, 0.2) is 0 Å². The van der Waals surface area contributed by atoms with E-state index in [9.17, 15) is 9.59 Å². The molecule has 0 aliphatic heterocycles. The minimum atomic E-state index is -0.942. The highest BCUT2D eigenvalue weighted by Gasteiger charge is 2.26. The molecule has 0 atom stereocenters. The summed E-state index contributed by atoms with van der Waals surface area (Å²) in [5.41, 5.74) is -0.528. The van der Waals surface area contributed by atoms with Crippen LogP contribution in [0.25, 0.3) is 0 Å². The second-order valence-electron chi connectivity index (χ2n) is 8.92. The zero-order chi connectivity index (χ0) is 29.3. The lowest BCUT2D eigenvalue weighted by Crippen LogP contribution is -2.25. The highest BCUT2D eigenvalue weighted by Crippen LogP contribution is 2.35. The fourth-order valence-electron chi connectivity index (χ4n) is 2.96. The van der Waals surface area contributed by atoms with E-state index in [1.165, 1.54) is 46.6 Å². The van der Waals surface area contributed by atoms with Crippen LogP contribution in [0.15, 0.2) is 30.3 Å². The summed E-state index contributed by atoms with van der Waals surface area (Å²) in [4.78, 5) is 42.1. The molecule has 0 fully saturated rings. The van der Waals surface area contributed by atoms with Crippen LogP contribution in [0.2, 0.25) is 0 Å². The fraction of sp³-hybridized carbons (Fsp3) is 0.385. The quantitative estimate of drug-likeness (QED) is 0.234. The van der Waals surface area contributed by atoms with Gasteiger partial charge in [0.2, 0.25) is 24.4 Å². The Morgan fingerprint density at radius 3 is 1.77 bits per heavy atom. The first-order valence-electron chi connectivity index (χ1n) is 11.8. The molecular weight excluding hydrogens is 528 g/mol. The third kappa shape index (κ3) is 7.89. The molecule has 3 aromatic rings. The van der Waals surface area contributed by atoms with Gasteiger partial charge in [-0.3, -0.25) is 4.79 Å². The van der Waals surface area contributed by atoms with Crippen molar-refractivity contribution < 1.29 is 47.5 Å². The van der Waals surface area contributed by atoms with Crippen LogP contribution in [0.1, 0.15) is 36.8 Å². The van der Waals surface area contributed by atoms with Crippen LogP contribution in [0.3, 0.4) is 0 Å². The Hall–Kier alpha value is -4.72. The van der Waals surface area contributed by atoms with E-state index in [1.54, 1.807) is 32.9 Å². The molecule has 0 saturated carbocycles. The van der Waals surface area contributed by atoms with Gasteiger partial charge in [-0.1, -0.05) is 6.07 Å². The van der Waals surface area contributed by atoms with Gasteiger partial charge in [-0.25, -0.2) is 4.79 Å². The van der Waals surface area contributed by atoms with Gasteiger partial charge in [0.1, 0.15) is 17.1 Å². The van der Waals surface area contributed by atoms with Gasteiger partial charge in [-0.05, 0) is 32.9 Å². The summed E-state index contributed by atoms with van der Waals surface area (Å²) in [7, 11) is 5.76. The van der Waals surface area contributed by atoms with Crippen molar-refractivity contribution >= 4 is 11.9 Å². The summed E-state index contributed by atoms with van der Waals surface area (Å²) in [5, 5.41) is 0. The van der Waals surface area contributed by atoms with Gasteiger partial charge in [0.25, 0.3) is 0 Å². The molecule has 0 aliphatic rings. The Morgan fingerprint density at radius 2 is 1.27 bits per heavy atom. The molecular formula is C26H30N4O10. The van der Waals surface area contributed by atoms with Crippen LogP contribution in [-0.2, 0) is 25.6 Å². The van der Waals surface area contributed by atoms with Crippen molar-refractivity contribution in [2.45, 2.75) is 27.4 Å². The first kappa shape index (κ1) is 29.8. The Bertz CT molecular complexity index is 1320. The standard InChI is InChI=1S/C26H30N4O10/c1-26(2,3)23(32)38-14-37-22(31)21-16(39-24-27-15(13-33-4)11-18(28-24)34-5)9-8-10-17(21)40-25-29-19(35-6)12-20(30-25)36-7/h8-12H,13-14H2,1-7H3. The molecule has 14 nitrogen and oxygen atoms in total. The maximum Gasteiger partial charge on any atom is 0.348 e. The summed E-state index contributed by atoms with van der Waals surface area (Å²) >= 11 is 0. The van der Waals surface area contributed by atoms with Crippen molar-refractivity contribution in [3.05, 3.63) is 41.6 Å². The SMILES string of the molecule is COCc1cc(OC)nc(Oc2cccc(Oc3nc(OC)cc(OC)n3)c2C(=O)OCOC(=O)C(C)(C)C)n1. The largest absolute Gasteiger partial charge is 0.481 e. The Kier molecular flexibility index (Phi) is 9.97. The number of hydrogen-bond acceptors (Lipinski definition) is 14. The second-order valence-corrected chi connectivity index (χ2v) is 8.92. The van der Waals surface area contributed by atoms with Gasteiger partial charge in [0.05, 0.1) is 45.1 Å². The molecule has 0 spiro atoms. The first-order chi connectivity index (χ1) is 19.1. The number of benzene rings is 1. The lowest BCUT2D eigenvalue weighted by molar-refractivity contribution is -0.161. The molecule has 0 unspecified atom stereocenters. The van der Waals surface area contributed by atoms with Crippen LogP contribution < -0.4 is 23.7 Å². The average Bonchev–Trinajstić information content (AvgIpc) is 2.92. The summed E-state index contributed by atoms with van der Waals surface area (Å²) in [6, 6.07) is 7.16. The highest BCUT2D eigenvalue weighted by molar-refractivity contribution is 5.96. The zero-order valence-corrected chi connectivity index (χ0v) is 23.2. The minimum Gasteiger partial charge on any atom is -0.481 e. The van der Waals surface area contributed by atoms with E-state index in [0.29, 0.717) is 5.69 Å². The topological polar surface area (TPSA) is 160 Å². The number of hydrogen-bond donors (Lipinski definition) is 0. The highest BCUT2D eigenvalue weighted by atomic mass is 16.7. The Balaban J connectivity index is 2.01. The monoisotopic (exact) mass is 558 g/mol. The van der Waals surface area contributed by atoms with Crippen LogP contribution >= 0.6 is 0 Å². The predicted octanol–water partition coefficient (Wildman–Crippen LogP) is 3.73. The van der Waals surface area contributed by atoms with Crippen LogP contribution in [0, 0.1) is 5.41 Å². The number of carbonyl (C=O) groups excluding carboxylic acids is 2. The van der Waals surface area contributed by atoms with Gasteiger partial charge < -0.3 is 37.9 Å². The molecule has 0 amide bonds. The number of esters is 2. The molecule has 0 saturated heterocycles. The molecule has 2 heterocycles. The van der Waals surface area contributed by atoms with Gasteiger partial charge in [-0.15, -0.1) is 0 Å². The van der Waals surface area contributed by atoms with Crippen molar-refractivity contribution in [3.8, 4) is 41.2 Å². The van der Waals surface area contributed by atoms with E-state index in [4.69, 9.17) is 37.9 Å². The normalized spacial score (nSPS) is 10.9. The lowest BCUT2D eigenvalue weighted by atomic mass is 9.98. The predicted molar refractivity (Wildman–Crippen MR) is 137 cm³/mol. The van der Waals surface area contributed by atoms with Crippen LogP contribution in [0.5, 0.6) is 41.2 Å². The fourth-order valence-corrected chi connectivity index (χ4v) is 2.96. The number of nitrogens with zero attached hydrogens (tertiary/aromatic N) is 4. The van der Waals surface area contributed by atoms with E-state index >= 15 is 0 Å². The number of carbonyl (C=O) groups is 2. The first-order valence-corrected chi connectivity index (χ1v) is 11.8. The molecule has 14 heteroatoms. The van der Waals surface area contributed by atoms with Crippen molar-refractivity contribution in [1.82, 2.24) is 19.9 Å². The van der Waals surface area contributed by atoms with Gasteiger partial charge in [0, 0.05) is 13.2 Å². The van der Waals surface area contributed by atoms with Crippen molar-refractivity contribution in [2.24, 2.45) is 5.41 Å². The number of methoxy groups -OCH3 is 4. The van der Waals surface area contributed by atoms with Crippen LogP contribution in [-0.4, -0.2) is 67.1 Å². The molecule has 1 aromatic carbocycles.